The first kappa shape index (κ1) is 13.4. The van der Waals surface area contributed by atoms with E-state index in [1.165, 1.54) is 0 Å². The number of nitrogens with two attached hydrogens (primary N) is 1. The molecule has 100 valence electrons. The molecule has 7 heteroatoms. The van der Waals surface area contributed by atoms with E-state index in [4.69, 9.17) is 17.3 Å². The molecule has 0 bridgehead atoms. The Labute approximate surface area is 115 Å². The Morgan fingerprint density at radius 3 is 2.84 bits per heavy atom. The first-order valence-corrected chi connectivity index (χ1v) is 6.06. The van der Waals surface area contributed by atoms with E-state index in [1.54, 1.807) is 29.1 Å². The van der Waals surface area contributed by atoms with E-state index in [-0.39, 0.29) is 11.9 Å². The Bertz CT molecular complexity index is 610. The highest BCUT2D eigenvalue weighted by molar-refractivity contribution is 6.31. The normalized spacial score (nSPS) is 12.2. The lowest BCUT2D eigenvalue weighted by atomic mass is 10.1. The minimum atomic E-state index is -0.273. The number of carbonyl (C=O) groups is 1. The SMILES string of the molecule is CC(NC(=O)c1ccc(Cl)cc1N)c1nncn1C. The topological polar surface area (TPSA) is 85.8 Å². The third kappa shape index (κ3) is 2.85. The van der Waals surface area contributed by atoms with Crippen LogP contribution in [0.3, 0.4) is 0 Å². The second-order valence-electron chi connectivity index (χ2n) is 4.23. The average molecular weight is 280 g/mol. The van der Waals surface area contributed by atoms with Gasteiger partial charge in [-0.05, 0) is 25.1 Å². The predicted molar refractivity (Wildman–Crippen MR) is 72.7 cm³/mol. The number of hydrogen-bond acceptors (Lipinski definition) is 4. The lowest BCUT2D eigenvalue weighted by Gasteiger charge is -2.14. The first-order chi connectivity index (χ1) is 8.99. The van der Waals surface area contributed by atoms with Crippen molar-refractivity contribution in [2.24, 2.45) is 7.05 Å². The van der Waals surface area contributed by atoms with Crippen LogP contribution in [0.2, 0.25) is 5.02 Å². The summed E-state index contributed by atoms with van der Waals surface area (Å²) in [6.07, 6.45) is 1.58. The summed E-state index contributed by atoms with van der Waals surface area (Å²) < 4.78 is 1.75. The number of aromatic nitrogens is 3. The van der Waals surface area contributed by atoms with Crippen molar-refractivity contribution in [2.45, 2.75) is 13.0 Å². The van der Waals surface area contributed by atoms with Crippen LogP contribution in [-0.4, -0.2) is 20.7 Å². The van der Waals surface area contributed by atoms with Crippen molar-refractivity contribution in [1.29, 1.82) is 0 Å². The molecular formula is C12H14ClN5O. The maximum Gasteiger partial charge on any atom is 0.253 e. The van der Waals surface area contributed by atoms with Crippen LogP contribution >= 0.6 is 11.6 Å². The lowest BCUT2D eigenvalue weighted by Crippen LogP contribution is -2.29. The Hall–Kier alpha value is -2.08. The molecule has 0 spiro atoms. The van der Waals surface area contributed by atoms with Crippen molar-refractivity contribution >= 4 is 23.2 Å². The van der Waals surface area contributed by atoms with Crippen LogP contribution in [-0.2, 0) is 7.05 Å². The fourth-order valence-corrected chi connectivity index (χ4v) is 1.94. The highest BCUT2D eigenvalue weighted by Crippen LogP contribution is 2.19. The number of benzene rings is 1. The highest BCUT2D eigenvalue weighted by Gasteiger charge is 2.17. The number of amides is 1. The van der Waals surface area contributed by atoms with E-state index < -0.39 is 0 Å². The maximum absolute atomic E-state index is 12.1. The summed E-state index contributed by atoms with van der Waals surface area (Å²) in [5, 5.41) is 11.0. The van der Waals surface area contributed by atoms with E-state index in [9.17, 15) is 4.79 Å². The summed E-state index contributed by atoms with van der Waals surface area (Å²) >= 11 is 5.80. The Morgan fingerprint density at radius 1 is 1.53 bits per heavy atom. The summed E-state index contributed by atoms with van der Waals surface area (Å²) in [6, 6.07) is 4.50. The summed E-state index contributed by atoms with van der Waals surface area (Å²) in [7, 11) is 1.81. The molecule has 1 unspecified atom stereocenters. The quantitative estimate of drug-likeness (QED) is 0.835. The number of rotatable bonds is 3. The monoisotopic (exact) mass is 279 g/mol. The van der Waals surface area contributed by atoms with Crippen molar-refractivity contribution in [3.8, 4) is 0 Å². The Kier molecular flexibility index (Phi) is 3.71. The zero-order valence-electron chi connectivity index (χ0n) is 10.6. The maximum atomic E-state index is 12.1. The number of halogens is 1. The molecule has 1 atom stereocenters. The van der Waals surface area contributed by atoms with Crippen molar-refractivity contribution in [3.63, 3.8) is 0 Å². The largest absolute Gasteiger partial charge is 0.398 e. The van der Waals surface area contributed by atoms with Crippen LogP contribution in [0, 0.1) is 0 Å². The molecule has 0 saturated heterocycles. The highest BCUT2D eigenvalue weighted by atomic mass is 35.5. The summed E-state index contributed by atoms with van der Waals surface area (Å²) in [4.78, 5) is 12.1. The molecule has 1 amide bonds. The molecule has 3 N–H and O–H groups in total. The fourth-order valence-electron chi connectivity index (χ4n) is 1.76. The number of aryl methyl sites for hydroxylation is 1. The second-order valence-corrected chi connectivity index (χ2v) is 4.66. The third-order valence-electron chi connectivity index (χ3n) is 2.74. The minimum Gasteiger partial charge on any atom is -0.398 e. The predicted octanol–water partition coefficient (Wildman–Crippen LogP) is 1.54. The standard InChI is InChI=1S/C12H14ClN5O/c1-7(11-17-15-6-18(11)2)16-12(19)9-4-3-8(13)5-10(9)14/h3-7H,14H2,1-2H3,(H,16,19). The van der Waals surface area contributed by atoms with Gasteiger partial charge in [0, 0.05) is 17.8 Å². The number of nitrogen functional groups attached to an aromatic ring is 1. The molecule has 0 aliphatic rings. The summed E-state index contributed by atoms with van der Waals surface area (Å²) in [6.45, 7) is 1.83. The number of hydrogen-bond donors (Lipinski definition) is 2. The molecule has 0 fully saturated rings. The molecule has 6 nitrogen and oxygen atoms in total. The number of nitrogens with one attached hydrogen (secondary N) is 1. The molecule has 0 radical (unpaired) electrons. The molecule has 0 aliphatic carbocycles. The molecule has 0 saturated carbocycles. The lowest BCUT2D eigenvalue weighted by molar-refractivity contribution is 0.0938. The van der Waals surface area contributed by atoms with Crippen molar-refractivity contribution in [2.75, 3.05) is 5.73 Å². The van der Waals surface area contributed by atoms with Gasteiger partial charge in [-0.2, -0.15) is 0 Å². The molecule has 2 rings (SSSR count). The number of anilines is 1. The van der Waals surface area contributed by atoms with Gasteiger partial charge in [-0.25, -0.2) is 0 Å². The van der Waals surface area contributed by atoms with Gasteiger partial charge in [-0.1, -0.05) is 11.6 Å². The van der Waals surface area contributed by atoms with E-state index in [2.05, 4.69) is 15.5 Å². The van der Waals surface area contributed by atoms with Crippen molar-refractivity contribution in [3.05, 3.63) is 40.9 Å². The first-order valence-electron chi connectivity index (χ1n) is 5.69. The molecule has 1 aromatic heterocycles. The van der Waals surface area contributed by atoms with E-state index in [0.717, 1.165) is 0 Å². The van der Waals surface area contributed by atoms with Crippen LogP contribution in [0.5, 0.6) is 0 Å². The zero-order valence-corrected chi connectivity index (χ0v) is 11.3. The Balaban J connectivity index is 2.15. The van der Waals surface area contributed by atoms with Crippen LogP contribution < -0.4 is 11.1 Å². The van der Waals surface area contributed by atoms with E-state index >= 15 is 0 Å². The van der Waals surface area contributed by atoms with E-state index in [0.29, 0.717) is 22.1 Å². The van der Waals surface area contributed by atoms with Gasteiger partial charge >= 0.3 is 0 Å². The molecular weight excluding hydrogens is 266 g/mol. The van der Waals surface area contributed by atoms with Crippen LogP contribution in [0.25, 0.3) is 0 Å². The van der Waals surface area contributed by atoms with Gasteiger partial charge in [-0.3, -0.25) is 4.79 Å². The van der Waals surface area contributed by atoms with Gasteiger partial charge in [0.15, 0.2) is 5.82 Å². The molecule has 2 aromatic rings. The van der Waals surface area contributed by atoms with E-state index in [1.807, 2.05) is 14.0 Å². The summed E-state index contributed by atoms with van der Waals surface area (Å²) in [5.41, 5.74) is 6.50. The average Bonchev–Trinajstić information content (AvgIpc) is 2.75. The Morgan fingerprint density at radius 2 is 2.26 bits per heavy atom. The number of nitrogens with zero attached hydrogens (tertiary/aromatic N) is 3. The third-order valence-corrected chi connectivity index (χ3v) is 2.97. The van der Waals surface area contributed by atoms with Crippen molar-refractivity contribution < 1.29 is 4.79 Å². The van der Waals surface area contributed by atoms with Crippen LogP contribution in [0.15, 0.2) is 24.5 Å². The minimum absolute atomic E-state index is 0.268. The van der Waals surface area contributed by atoms with Crippen molar-refractivity contribution in [1.82, 2.24) is 20.1 Å². The van der Waals surface area contributed by atoms with Gasteiger partial charge in [-0.15, -0.1) is 10.2 Å². The van der Waals surface area contributed by atoms with Gasteiger partial charge < -0.3 is 15.6 Å². The van der Waals surface area contributed by atoms with Gasteiger partial charge in [0.25, 0.3) is 5.91 Å². The van der Waals surface area contributed by atoms with Gasteiger partial charge in [0.2, 0.25) is 0 Å². The molecule has 19 heavy (non-hydrogen) atoms. The van der Waals surface area contributed by atoms with Gasteiger partial charge in [0.1, 0.15) is 6.33 Å². The zero-order chi connectivity index (χ0) is 14.0. The second kappa shape index (κ2) is 5.27. The van der Waals surface area contributed by atoms with Crippen LogP contribution in [0.4, 0.5) is 5.69 Å². The summed E-state index contributed by atoms with van der Waals surface area (Å²) in [5.74, 6) is 0.394. The fraction of sp³-hybridized carbons (Fsp3) is 0.250. The smallest absolute Gasteiger partial charge is 0.253 e. The molecule has 0 aliphatic heterocycles. The number of carbonyl (C=O) groups excluding carboxylic acids is 1. The van der Waals surface area contributed by atoms with Gasteiger partial charge in [0.05, 0.1) is 11.6 Å². The van der Waals surface area contributed by atoms with Crippen LogP contribution in [0.1, 0.15) is 29.1 Å². The molecule has 1 aromatic carbocycles. The molecule has 1 heterocycles.